The quantitative estimate of drug-likeness (QED) is 0.712. The van der Waals surface area contributed by atoms with Crippen molar-refractivity contribution in [2.24, 2.45) is 5.41 Å². The van der Waals surface area contributed by atoms with E-state index in [-0.39, 0.29) is 16.6 Å². The second-order valence-corrected chi connectivity index (χ2v) is 5.21. The minimum Gasteiger partial charge on any atom is -0.289 e. The van der Waals surface area contributed by atoms with E-state index in [1.165, 1.54) is 0 Å². The number of carbonyl (C=O) groups is 1. The Morgan fingerprint density at radius 1 is 1.31 bits per heavy atom. The third kappa shape index (κ3) is 1.49. The molecule has 0 fully saturated rings. The lowest BCUT2D eigenvalue weighted by Gasteiger charge is -2.29. The van der Waals surface area contributed by atoms with E-state index < -0.39 is 0 Å². The average Bonchev–Trinajstić information content (AvgIpc) is 2.72. The Bertz CT molecular complexity index is 532. The van der Waals surface area contributed by atoms with Crippen LogP contribution in [0, 0.1) is 12.3 Å². The predicted octanol–water partition coefficient (Wildman–Crippen LogP) is 2.72. The zero-order chi connectivity index (χ0) is 12.1. The Labute approximate surface area is 95.4 Å². The molecule has 0 unspecified atom stereocenters. The van der Waals surface area contributed by atoms with Crippen LogP contribution in [0.2, 0.25) is 0 Å². The van der Waals surface area contributed by atoms with Crippen molar-refractivity contribution in [2.45, 2.75) is 34.1 Å². The molecule has 1 aromatic carbocycles. The summed E-state index contributed by atoms with van der Waals surface area (Å²) < 4.78 is 0. The van der Waals surface area contributed by atoms with Crippen LogP contribution in [0.1, 0.15) is 43.1 Å². The van der Waals surface area contributed by atoms with E-state index in [4.69, 9.17) is 0 Å². The van der Waals surface area contributed by atoms with Crippen molar-refractivity contribution in [1.29, 1.82) is 0 Å². The first-order chi connectivity index (χ1) is 7.36. The van der Waals surface area contributed by atoms with Crippen molar-refractivity contribution >= 4 is 5.78 Å². The highest BCUT2D eigenvalue weighted by Gasteiger charge is 2.36. The van der Waals surface area contributed by atoms with Gasteiger partial charge in [0.1, 0.15) is 0 Å². The topological polar surface area (TPSA) is 34.1 Å². The SMILES string of the molecule is CC1=C(C(=O)c2c(C)c2=O)C(C)(C)CC=C1. The molecule has 2 nitrogen and oxygen atoms in total. The van der Waals surface area contributed by atoms with Gasteiger partial charge in [0.25, 0.3) is 0 Å². The van der Waals surface area contributed by atoms with Gasteiger partial charge in [-0.25, -0.2) is 0 Å². The third-order valence-corrected chi connectivity index (χ3v) is 3.40. The van der Waals surface area contributed by atoms with Crippen LogP contribution in [0.15, 0.2) is 28.1 Å². The molecule has 2 rings (SSSR count). The number of ketones is 1. The van der Waals surface area contributed by atoms with Crippen LogP contribution >= 0.6 is 0 Å². The van der Waals surface area contributed by atoms with Crippen LogP contribution in [-0.2, 0) is 0 Å². The summed E-state index contributed by atoms with van der Waals surface area (Å²) in [5.41, 5.74) is 2.62. The zero-order valence-corrected chi connectivity index (χ0v) is 10.2. The molecule has 0 spiro atoms. The number of carbonyl (C=O) groups excluding carboxylic acids is 1. The summed E-state index contributed by atoms with van der Waals surface area (Å²) in [6.07, 6.45) is 4.91. The Morgan fingerprint density at radius 3 is 2.31 bits per heavy atom. The summed E-state index contributed by atoms with van der Waals surface area (Å²) in [6.45, 7) is 7.76. The molecule has 0 saturated carbocycles. The van der Waals surface area contributed by atoms with Crippen LogP contribution in [0.5, 0.6) is 0 Å². The maximum atomic E-state index is 12.2. The normalized spacial score (nSPS) is 19.5. The minimum atomic E-state index is -0.161. The molecular formula is C14H16O2. The van der Waals surface area contributed by atoms with Gasteiger partial charge in [-0.15, -0.1) is 0 Å². The van der Waals surface area contributed by atoms with Crippen LogP contribution in [-0.4, -0.2) is 5.78 Å². The summed E-state index contributed by atoms with van der Waals surface area (Å²) in [7, 11) is 0. The lowest BCUT2D eigenvalue weighted by molar-refractivity contribution is 0.101. The molecule has 84 valence electrons. The lowest BCUT2D eigenvalue weighted by Crippen LogP contribution is -2.24. The Kier molecular flexibility index (Phi) is 2.26. The van der Waals surface area contributed by atoms with Gasteiger partial charge in [-0.1, -0.05) is 26.0 Å². The van der Waals surface area contributed by atoms with E-state index >= 15 is 0 Å². The van der Waals surface area contributed by atoms with Crippen molar-refractivity contribution in [2.75, 3.05) is 0 Å². The molecule has 0 N–H and O–H groups in total. The molecule has 0 saturated heterocycles. The standard InChI is InChI=1S/C14H16O2/c1-8-6-5-7-14(3,4)11(8)13(16)10-9(2)12(10)15/h5-6H,7H2,1-4H3. The summed E-state index contributed by atoms with van der Waals surface area (Å²) in [6, 6.07) is 0. The largest absolute Gasteiger partial charge is 0.289 e. The van der Waals surface area contributed by atoms with Gasteiger partial charge >= 0.3 is 0 Å². The third-order valence-electron chi connectivity index (χ3n) is 3.40. The van der Waals surface area contributed by atoms with E-state index in [9.17, 15) is 9.59 Å². The predicted molar refractivity (Wildman–Crippen MR) is 64.4 cm³/mol. The Morgan fingerprint density at radius 2 is 1.88 bits per heavy atom. The van der Waals surface area contributed by atoms with Gasteiger partial charge in [-0.2, -0.15) is 0 Å². The number of hydrogen-bond acceptors (Lipinski definition) is 2. The lowest BCUT2D eigenvalue weighted by atomic mass is 9.73. The molecule has 0 aliphatic heterocycles. The van der Waals surface area contributed by atoms with Crippen molar-refractivity contribution < 1.29 is 4.79 Å². The molecule has 2 heteroatoms. The zero-order valence-electron chi connectivity index (χ0n) is 10.2. The first-order valence-corrected chi connectivity index (χ1v) is 5.54. The second-order valence-electron chi connectivity index (χ2n) is 5.21. The summed E-state index contributed by atoms with van der Waals surface area (Å²) in [5, 5.41) is 0. The van der Waals surface area contributed by atoms with Gasteiger partial charge in [0.15, 0.2) is 11.2 Å². The Hall–Kier alpha value is -1.44. The first kappa shape index (κ1) is 11.1. The second kappa shape index (κ2) is 3.27. The van der Waals surface area contributed by atoms with Crippen molar-refractivity contribution in [3.63, 3.8) is 0 Å². The minimum absolute atomic E-state index is 0.0596. The van der Waals surface area contributed by atoms with Crippen LogP contribution in [0.4, 0.5) is 0 Å². The number of Topliss-reactive ketones (excluding diaryl/α,β-unsaturated/α-hetero) is 1. The van der Waals surface area contributed by atoms with Crippen molar-refractivity contribution in [1.82, 2.24) is 0 Å². The maximum Gasteiger partial charge on any atom is 0.194 e. The van der Waals surface area contributed by atoms with Gasteiger partial charge in [0.05, 0.1) is 5.56 Å². The van der Waals surface area contributed by atoms with Crippen LogP contribution in [0.3, 0.4) is 0 Å². The molecule has 1 aliphatic carbocycles. The van der Waals surface area contributed by atoms with Gasteiger partial charge in [0.2, 0.25) is 0 Å². The number of allylic oxidation sites excluding steroid dienone is 4. The number of hydrogen-bond donors (Lipinski definition) is 0. The molecule has 0 aromatic heterocycles. The number of rotatable bonds is 2. The first-order valence-electron chi connectivity index (χ1n) is 5.54. The molecule has 1 aliphatic rings. The fraction of sp³-hybridized carbons (Fsp3) is 0.429. The maximum absolute atomic E-state index is 12.2. The van der Waals surface area contributed by atoms with Crippen molar-refractivity contribution in [3.05, 3.63) is 44.6 Å². The van der Waals surface area contributed by atoms with E-state index in [1.807, 2.05) is 13.0 Å². The molecule has 0 heterocycles. The van der Waals surface area contributed by atoms with E-state index in [0.717, 1.165) is 17.6 Å². The molecule has 0 amide bonds. The van der Waals surface area contributed by atoms with Gasteiger partial charge < -0.3 is 0 Å². The molecule has 0 bridgehead atoms. The van der Waals surface area contributed by atoms with E-state index in [2.05, 4.69) is 19.9 Å². The summed E-state index contributed by atoms with van der Waals surface area (Å²) >= 11 is 0. The van der Waals surface area contributed by atoms with Gasteiger partial charge in [-0.3, -0.25) is 9.59 Å². The molecular weight excluding hydrogens is 200 g/mol. The summed E-state index contributed by atoms with van der Waals surface area (Å²) in [4.78, 5) is 23.5. The van der Waals surface area contributed by atoms with Crippen LogP contribution < -0.4 is 5.43 Å². The average molecular weight is 216 g/mol. The molecule has 1 aromatic rings. The Balaban J connectivity index is 2.47. The smallest absolute Gasteiger partial charge is 0.194 e. The molecule has 0 atom stereocenters. The highest BCUT2D eigenvalue weighted by Crippen LogP contribution is 2.39. The van der Waals surface area contributed by atoms with E-state index in [1.54, 1.807) is 6.92 Å². The summed E-state index contributed by atoms with van der Waals surface area (Å²) in [5.74, 6) is -0.0608. The fourth-order valence-electron chi connectivity index (χ4n) is 2.39. The van der Waals surface area contributed by atoms with E-state index in [0.29, 0.717) is 11.1 Å². The highest BCUT2D eigenvalue weighted by atomic mass is 16.1. The van der Waals surface area contributed by atoms with Gasteiger partial charge in [-0.05, 0) is 31.3 Å². The molecule has 16 heavy (non-hydrogen) atoms. The van der Waals surface area contributed by atoms with Crippen LogP contribution in [0.25, 0.3) is 0 Å². The molecule has 0 radical (unpaired) electrons. The highest BCUT2D eigenvalue weighted by molar-refractivity contribution is 6.13. The monoisotopic (exact) mass is 216 g/mol. The van der Waals surface area contributed by atoms with Gasteiger partial charge in [0, 0.05) is 11.1 Å². The van der Waals surface area contributed by atoms with Crippen molar-refractivity contribution in [3.8, 4) is 0 Å². The fourth-order valence-corrected chi connectivity index (χ4v) is 2.39.